The van der Waals surface area contributed by atoms with Gasteiger partial charge in [-0.15, -0.1) is 0 Å². The molecule has 2 aromatic carbocycles. The van der Waals surface area contributed by atoms with Gasteiger partial charge in [-0.3, -0.25) is 4.72 Å². The minimum absolute atomic E-state index is 0.0330. The van der Waals surface area contributed by atoms with Gasteiger partial charge in [-0.05, 0) is 38.4 Å². The average Bonchev–Trinajstić information content (AvgIpc) is 2.63. The van der Waals surface area contributed by atoms with Crippen molar-refractivity contribution in [1.29, 1.82) is 0 Å². The fourth-order valence-corrected chi connectivity index (χ4v) is 3.63. The highest BCUT2D eigenvalue weighted by Gasteiger charge is 2.21. The van der Waals surface area contributed by atoms with E-state index in [0.717, 1.165) is 0 Å². The molecule has 0 spiro atoms. The topological polar surface area (TPSA) is 77.1 Å². The Morgan fingerprint density at radius 3 is 2.41 bits per heavy atom. The summed E-state index contributed by atoms with van der Waals surface area (Å²) in [5, 5.41) is 0.399. The summed E-state index contributed by atoms with van der Waals surface area (Å²) in [4.78, 5) is 1.93. The van der Waals surface area contributed by atoms with Gasteiger partial charge in [0.25, 0.3) is 10.0 Å². The lowest BCUT2D eigenvalue weighted by atomic mass is 10.3. The first-order chi connectivity index (χ1) is 12.8. The molecule has 1 N–H and O–H groups in total. The first-order valence-corrected chi connectivity index (χ1v) is 9.95. The van der Waals surface area contributed by atoms with Crippen LogP contribution in [0.25, 0.3) is 0 Å². The van der Waals surface area contributed by atoms with E-state index < -0.39 is 10.0 Å². The van der Waals surface area contributed by atoms with Crippen molar-refractivity contribution in [3.05, 3.63) is 41.4 Å². The normalized spacial score (nSPS) is 11.3. The third kappa shape index (κ3) is 5.66. The highest BCUT2D eigenvalue weighted by molar-refractivity contribution is 7.92. The SMILES string of the molecule is COc1ccc(OC)c(S(=O)(=O)Nc2ccc(Cl)c(OCCN(C)C)c2)c1. The van der Waals surface area contributed by atoms with E-state index in [-0.39, 0.29) is 10.6 Å². The van der Waals surface area contributed by atoms with Crippen molar-refractivity contribution in [3.8, 4) is 17.2 Å². The largest absolute Gasteiger partial charge is 0.497 e. The molecule has 0 heterocycles. The Hall–Kier alpha value is -2.16. The predicted molar refractivity (Wildman–Crippen MR) is 106 cm³/mol. The first-order valence-electron chi connectivity index (χ1n) is 8.08. The molecular weight excluding hydrogens is 392 g/mol. The molecule has 7 nitrogen and oxygen atoms in total. The number of rotatable bonds is 9. The quantitative estimate of drug-likeness (QED) is 0.679. The van der Waals surface area contributed by atoms with Gasteiger partial charge >= 0.3 is 0 Å². The van der Waals surface area contributed by atoms with Crippen LogP contribution < -0.4 is 18.9 Å². The van der Waals surface area contributed by atoms with Crippen molar-refractivity contribution in [2.75, 3.05) is 46.2 Å². The van der Waals surface area contributed by atoms with Crippen LogP contribution in [0.1, 0.15) is 0 Å². The van der Waals surface area contributed by atoms with Gasteiger partial charge in [0.2, 0.25) is 0 Å². The van der Waals surface area contributed by atoms with Crippen LogP contribution in [-0.2, 0) is 10.0 Å². The van der Waals surface area contributed by atoms with Crippen LogP contribution in [0, 0.1) is 0 Å². The number of ether oxygens (including phenoxy) is 3. The Morgan fingerprint density at radius 2 is 1.78 bits per heavy atom. The van der Waals surface area contributed by atoms with E-state index in [0.29, 0.717) is 35.4 Å². The van der Waals surface area contributed by atoms with Crippen LogP contribution in [0.5, 0.6) is 17.2 Å². The summed E-state index contributed by atoms with van der Waals surface area (Å²) in [5.74, 6) is 1.01. The first kappa shape index (κ1) is 21.1. The average molecular weight is 415 g/mol. The number of likely N-dealkylation sites (N-methyl/N-ethyl adjacent to an activating group) is 1. The fourth-order valence-electron chi connectivity index (χ4n) is 2.22. The van der Waals surface area contributed by atoms with E-state index in [4.69, 9.17) is 25.8 Å². The van der Waals surface area contributed by atoms with E-state index in [2.05, 4.69) is 4.72 Å². The molecule has 0 unspecified atom stereocenters. The summed E-state index contributed by atoms with van der Waals surface area (Å²) in [6, 6.07) is 9.23. The molecule has 0 radical (unpaired) electrons. The lowest BCUT2D eigenvalue weighted by molar-refractivity contribution is 0.261. The third-order valence-corrected chi connectivity index (χ3v) is 5.35. The van der Waals surface area contributed by atoms with Gasteiger partial charge in [-0.2, -0.15) is 0 Å². The summed E-state index contributed by atoms with van der Waals surface area (Å²) in [6.45, 7) is 1.12. The number of nitrogens with zero attached hydrogens (tertiary/aromatic N) is 1. The zero-order valence-corrected chi connectivity index (χ0v) is 17.2. The van der Waals surface area contributed by atoms with Gasteiger partial charge in [0.15, 0.2) is 0 Å². The molecule has 0 aliphatic heterocycles. The van der Waals surface area contributed by atoms with Gasteiger partial charge in [-0.25, -0.2) is 8.42 Å². The van der Waals surface area contributed by atoms with Crippen LogP contribution in [0.2, 0.25) is 5.02 Å². The Balaban J connectivity index is 2.27. The number of hydrogen-bond donors (Lipinski definition) is 1. The highest BCUT2D eigenvalue weighted by Crippen LogP contribution is 2.32. The van der Waals surface area contributed by atoms with Crippen molar-refractivity contribution in [1.82, 2.24) is 4.90 Å². The molecule has 0 aliphatic rings. The van der Waals surface area contributed by atoms with Crippen LogP contribution in [0.3, 0.4) is 0 Å². The number of benzene rings is 2. The lowest BCUT2D eigenvalue weighted by Gasteiger charge is -2.15. The predicted octanol–water partition coefficient (Wildman–Crippen LogP) is 3.10. The second-order valence-electron chi connectivity index (χ2n) is 5.92. The standard InChI is InChI=1S/C18H23ClN2O5S/c1-21(2)9-10-26-17-11-13(5-7-15(17)19)20-27(22,23)18-12-14(24-3)6-8-16(18)25-4/h5-8,11-12,20H,9-10H2,1-4H3. The Kier molecular flexibility index (Phi) is 7.18. The monoisotopic (exact) mass is 414 g/mol. The van der Waals surface area contributed by atoms with E-state index in [1.54, 1.807) is 24.3 Å². The van der Waals surface area contributed by atoms with Crippen molar-refractivity contribution in [2.24, 2.45) is 0 Å². The van der Waals surface area contributed by atoms with E-state index in [1.807, 2.05) is 19.0 Å². The zero-order chi connectivity index (χ0) is 20.0. The lowest BCUT2D eigenvalue weighted by Crippen LogP contribution is -2.19. The molecule has 2 aromatic rings. The van der Waals surface area contributed by atoms with Crippen molar-refractivity contribution in [2.45, 2.75) is 4.90 Å². The highest BCUT2D eigenvalue weighted by atomic mass is 35.5. The Bertz CT molecular complexity index is 887. The summed E-state index contributed by atoms with van der Waals surface area (Å²) in [5.41, 5.74) is 0.323. The molecule has 2 rings (SSSR count). The molecule has 0 amide bonds. The van der Waals surface area contributed by atoms with E-state index in [1.165, 1.54) is 26.4 Å². The number of nitrogens with one attached hydrogen (secondary N) is 1. The van der Waals surface area contributed by atoms with Crippen LogP contribution >= 0.6 is 11.6 Å². The van der Waals surface area contributed by atoms with Crippen molar-refractivity contribution in [3.63, 3.8) is 0 Å². The maximum atomic E-state index is 12.8. The minimum Gasteiger partial charge on any atom is -0.497 e. The fraction of sp³-hybridized carbons (Fsp3) is 0.333. The number of hydrogen-bond acceptors (Lipinski definition) is 6. The van der Waals surface area contributed by atoms with Gasteiger partial charge < -0.3 is 19.1 Å². The van der Waals surface area contributed by atoms with Crippen LogP contribution in [-0.4, -0.2) is 54.8 Å². The maximum absolute atomic E-state index is 12.8. The molecule has 148 valence electrons. The Labute approximate surface area is 164 Å². The summed E-state index contributed by atoms with van der Waals surface area (Å²) in [7, 11) is 2.80. The van der Waals surface area contributed by atoms with Gasteiger partial charge in [0, 0.05) is 18.7 Å². The van der Waals surface area contributed by atoms with Gasteiger partial charge in [-0.1, -0.05) is 11.6 Å². The molecular formula is C18H23ClN2O5S. The summed E-state index contributed by atoms with van der Waals surface area (Å²) < 4.78 is 44.1. The van der Waals surface area contributed by atoms with Crippen molar-refractivity contribution >= 4 is 27.3 Å². The number of halogens is 1. The number of methoxy groups -OCH3 is 2. The van der Waals surface area contributed by atoms with Crippen molar-refractivity contribution < 1.29 is 22.6 Å². The number of anilines is 1. The molecule has 0 saturated carbocycles. The second kappa shape index (κ2) is 9.16. The third-order valence-electron chi connectivity index (χ3n) is 3.64. The Morgan fingerprint density at radius 1 is 1.04 bits per heavy atom. The molecule has 0 aliphatic carbocycles. The maximum Gasteiger partial charge on any atom is 0.265 e. The molecule has 0 fully saturated rings. The van der Waals surface area contributed by atoms with Gasteiger partial charge in [0.1, 0.15) is 28.8 Å². The molecule has 0 saturated heterocycles. The van der Waals surface area contributed by atoms with E-state index in [9.17, 15) is 8.42 Å². The molecule has 0 aromatic heterocycles. The minimum atomic E-state index is -3.91. The summed E-state index contributed by atoms with van der Waals surface area (Å²) >= 11 is 6.13. The molecule has 0 bridgehead atoms. The van der Waals surface area contributed by atoms with Crippen LogP contribution in [0.15, 0.2) is 41.3 Å². The van der Waals surface area contributed by atoms with E-state index >= 15 is 0 Å². The second-order valence-corrected chi connectivity index (χ2v) is 7.98. The van der Waals surface area contributed by atoms with Gasteiger partial charge in [0.05, 0.1) is 24.9 Å². The number of sulfonamides is 1. The molecule has 9 heteroatoms. The molecule has 27 heavy (non-hydrogen) atoms. The summed E-state index contributed by atoms with van der Waals surface area (Å²) in [6.07, 6.45) is 0. The smallest absolute Gasteiger partial charge is 0.265 e. The van der Waals surface area contributed by atoms with Crippen LogP contribution in [0.4, 0.5) is 5.69 Å². The zero-order valence-electron chi connectivity index (χ0n) is 15.7. The molecule has 0 atom stereocenters.